The third-order valence-electron chi connectivity index (χ3n) is 4.72. The highest BCUT2D eigenvalue weighted by molar-refractivity contribution is 7.91. The summed E-state index contributed by atoms with van der Waals surface area (Å²) in [6.45, 7) is 4.17. The zero-order valence-corrected chi connectivity index (χ0v) is 18.3. The van der Waals surface area contributed by atoms with E-state index in [-0.39, 0.29) is 21.7 Å². The molecule has 0 amide bonds. The molecule has 0 spiro atoms. The number of nitrogens with zero attached hydrogens (tertiary/aromatic N) is 1. The summed E-state index contributed by atoms with van der Waals surface area (Å²) in [5.41, 5.74) is 0.451. The molecule has 32 heavy (non-hydrogen) atoms. The summed E-state index contributed by atoms with van der Waals surface area (Å²) in [4.78, 5) is 4.24. The largest absolute Gasteiger partial charge is 0.486 e. The van der Waals surface area contributed by atoms with Crippen LogP contribution in [0.25, 0.3) is 11.5 Å². The van der Waals surface area contributed by atoms with Gasteiger partial charge in [-0.1, -0.05) is 0 Å². The first-order valence-electron chi connectivity index (χ1n) is 10.2. The van der Waals surface area contributed by atoms with Crippen LogP contribution in [-0.4, -0.2) is 46.4 Å². The molecule has 2 heterocycles. The van der Waals surface area contributed by atoms with Crippen molar-refractivity contribution in [1.82, 2.24) is 4.98 Å². The third-order valence-corrected chi connectivity index (χ3v) is 6.38. The van der Waals surface area contributed by atoms with Crippen LogP contribution in [-0.2, 0) is 14.6 Å². The minimum atomic E-state index is -4.05. The minimum Gasteiger partial charge on any atom is -0.486 e. The molecule has 3 aromatic rings. The molecule has 0 fully saturated rings. The van der Waals surface area contributed by atoms with E-state index in [9.17, 15) is 12.8 Å². The number of rotatable bonds is 9. The van der Waals surface area contributed by atoms with E-state index in [0.717, 1.165) is 0 Å². The molecule has 0 radical (unpaired) electrons. The SMILES string of the molecule is CCOCCCNc1oc(-c2ccc(F)cc2)nc1S(=O)(=O)c1ccc2c(c1)OCCO2. The maximum absolute atomic E-state index is 13.4. The highest BCUT2D eigenvalue weighted by Gasteiger charge is 2.30. The molecule has 1 N–H and O–H groups in total. The van der Waals surface area contributed by atoms with Crippen molar-refractivity contribution in [1.29, 1.82) is 0 Å². The maximum Gasteiger partial charge on any atom is 0.233 e. The molecule has 0 unspecified atom stereocenters. The van der Waals surface area contributed by atoms with Crippen LogP contribution in [0.4, 0.5) is 10.3 Å². The Balaban J connectivity index is 1.69. The Bertz CT molecular complexity index is 1180. The van der Waals surface area contributed by atoms with E-state index >= 15 is 0 Å². The van der Waals surface area contributed by atoms with Gasteiger partial charge < -0.3 is 23.9 Å². The van der Waals surface area contributed by atoms with E-state index in [2.05, 4.69) is 10.3 Å². The Labute approximate surface area is 185 Å². The number of hydrogen-bond acceptors (Lipinski definition) is 8. The summed E-state index contributed by atoms with van der Waals surface area (Å²) in [7, 11) is -4.05. The third kappa shape index (κ3) is 4.71. The average molecular weight is 462 g/mol. The number of oxazole rings is 1. The van der Waals surface area contributed by atoms with E-state index < -0.39 is 15.7 Å². The fourth-order valence-electron chi connectivity index (χ4n) is 3.14. The molecular formula is C22H23FN2O6S. The van der Waals surface area contributed by atoms with Gasteiger partial charge in [0.2, 0.25) is 26.6 Å². The highest BCUT2D eigenvalue weighted by atomic mass is 32.2. The van der Waals surface area contributed by atoms with Crippen LogP contribution in [0.3, 0.4) is 0 Å². The van der Waals surface area contributed by atoms with Crippen molar-refractivity contribution < 1.29 is 31.4 Å². The van der Waals surface area contributed by atoms with Gasteiger partial charge >= 0.3 is 0 Å². The molecule has 4 rings (SSSR count). The van der Waals surface area contributed by atoms with Crippen molar-refractivity contribution in [3.8, 4) is 23.0 Å². The minimum absolute atomic E-state index is 0.00178. The topological polar surface area (TPSA) is 99.9 Å². The Hall–Kier alpha value is -3.11. The van der Waals surface area contributed by atoms with Crippen LogP contribution < -0.4 is 14.8 Å². The van der Waals surface area contributed by atoms with Gasteiger partial charge in [0.1, 0.15) is 19.0 Å². The van der Waals surface area contributed by atoms with Gasteiger partial charge in [-0.05, 0) is 49.7 Å². The molecule has 0 bridgehead atoms. The standard InChI is InChI=1S/C22H23FN2O6S/c1-2-28-11-3-10-24-21-22(25-20(31-21)15-4-6-16(23)7-5-15)32(26,27)17-8-9-18-19(14-17)30-13-12-29-18/h4-9,14,24H,2-3,10-13H2,1H3. The second kappa shape index (κ2) is 9.58. The van der Waals surface area contributed by atoms with E-state index in [4.69, 9.17) is 18.6 Å². The fourth-order valence-corrected chi connectivity index (χ4v) is 4.43. The molecule has 0 aliphatic carbocycles. The fraction of sp³-hybridized carbons (Fsp3) is 0.318. The predicted molar refractivity (Wildman–Crippen MR) is 114 cm³/mol. The second-order valence-corrected chi connectivity index (χ2v) is 8.81. The number of aromatic nitrogens is 1. The first kappa shape index (κ1) is 22.1. The van der Waals surface area contributed by atoms with Gasteiger partial charge in [-0.25, -0.2) is 12.8 Å². The monoisotopic (exact) mass is 462 g/mol. The smallest absolute Gasteiger partial charge is 0.233 e. The van der Waals surface area contributed by atoms with Crippen molar-refractivity contribution in [2.45, 2.75) is 23.3 Å². The molecule has 1 aromatic heterocycles. The molecule has 1 aliphatic heterocycles. The van der Waals surface area contributed by atoms with E-state index in [1.165, 1.54) is 36.4 Å². The first-order chi connectivity index (χ1) is 15.5. The van der Waals surface area contributed by atoms with E-state index in [0.29, 0.717) is 56.5 Å². The summed E-state index contributed by atoms with van der Waals surface area (Å²) in [6.07, 6.45) is 0.643. The van der Waals surface area contributed by atoms with E-state index in [1.54, 1.807) is 6.07 Å². The Morgan fingerprint density at radius 3 is 2.59 bits per heavy atom. The van der Waals surface area contributed by atoms with Crippen molar-refractivity contribution in [3.63, 3.8) is 0 Å². The highest BCUT2D eigenvalue weighted by Crippen LogP contribution is 2.37. The number of fused-ring (bicyclic) bond motifs is 1. The molecule has 1 aliphatic rings. The summed E-state index contributed by atoms with van der Waals surface area (Å²) in [6, 6.07) is 9.86. The Morgan fingerprint density at radius 1 is 1.09 bits per heavy atom. The lowest BCUT2D eigenvalue weighted by Gasteiger charge is -2.18. The van der Waals surface area contributed by atoms with Crippen molar-refractivity contribution in [2.24, 2.45) is 0 Å². The second-order valence-electron chi connectivity index (χ2n) is 6.95. The zero-order valence-electron chi connectivity index (χ0n) is 17.5. The number of nitrogens with one attached hydrogen (secondary N) is 1. The average Bonchev–Trinajstić information content (AvgIpc) is 3.24. The predicted octanol–water partition coefficient (Wildman–Crippen LogP) is 3.92. The molecular weight excluding hydrogens is 439 g/mol. The van der Waals surface area contributed by atoms with Crippen LogP contribution in [0.15, 0.2) is 56.8 Å². The van der Waals surface area contributed by atoms with Gasteiger partial charge in [0.05, 0.1) is 4.90 Å². The van der Waals surface area contributed by atoms with E-state index in [1.807, 2.05) is 6.92 Å². The number of ether oxygens (including phenoxy) is 3. The number of sulfone groups is 1. The van der Waals surface area contributed by atoms with Gasteiger partial charge in [-0.3, -0.25) is 0 Å². The van der Waals surface area contributed by atoms with Gasteiger partial charge in [-0.2, -0.15) is 4.98 Å². The van der Waals surface area contributed by atoms with Gasteiger partial charge in [0, 0.05) is 31.4 Å². The van der Waals surface area contributed by atoms with Crippen molar-refractivity contribution in [2.75, 3.05) is 38.3 Å². The van der Waals surface area contributed by atoms with Gasteiger partial charge in [-0.15, -0.1) is 0 Å². The number of anilines is 1. The Morgan fingerprint density at radius 2 is 1.84 bits per heavy atom. The van der Waals surface area contributed by atoms with Crippen LogP contribution in [0, 0.1) is 5.82 Å². The summed E-state index contributed by atoms with van der Waals surface area (Å²) in [5, 5.41) is 2.73. The maximum atomic E-state index is 13.4. The molecule has 10 heteroatoms. The zero-order chi connectivity index (χ0) is 22.6. The van der Waals surface area contributed by atoms with Gasteiger partial charge in [0.15, 0.2) is 11.5 Å². The normalized spacial score (nSPS) is 13.2. The molecule has 170 valence electrons. The summed E-state index contributed by atoms with van der Waals surface area (Å²) in [5.74, 6) is 0.491. The lowest BCUT2D eigenvalue weighted by molar-refractivity contribution is 0.147. The lowest BCUT2D eigenvalue weighted by Crippen LogP contribution is -2.16. The number of hydrogen-bond donors (Lipinski definition) is 1. The molecule has 0 saturated heterocycles. The number of halogens is 1. The Kier molecular flexibility index (Phi) is 6.61. The summed E-state index contributed by atoms with van der Waals surface area (Å²) < 4.78 is 62.2. The van der Waals surface area contributed by atoms with Crippen LogP contribution >= 0.6 is 0 Å². The number of benzene rings is 2. The van der Waals surface area contributed by atoms with Crippen molar-refractivity contribution >= 4 is 15.7 Å². The molecule has 0 atom stereocenters. The first-order valence-corrected chi connectivity index (χ1v) is 11.7. The molecule has 0 saturated carbocycles. The van der Waals surface area contributed by atoms with Crippen molar-refractivity contribution in [3.05, 3.63) is 48.3 Å². The molecule has 2 aromatic carbocycles. The quantitative estimate of drug-likeness (QED) is 0.478. The molecule has 8 nitrogen and oxygen atoms in total. The van der Waals surface area contributed by atoms with Crippen LogP contribution in [0.5, 0.6) is 11.5 Å². The lowest BCUT2D eigenvalue weighted by atomic mass is 10.2. The summed E-state index contributed by atoms with van der Waals surface area (Å²) >= 11 is 0. The van der Waals surface area contributed by atoms with Crippen LogP contribution in [0.2, 0.25) is 0 Å². The van der Waals surface area contributed by atoms with Crippen LogP contribution in [0.1, 0.15) is 13.3 Å². The van der Waals surface area contributed by atoms with Gasteiger partial charge in [0.25, 0.3) is 0 Å².